The molecule has 1 amide bonds. The van der Waals surface area contributed by atoms with Crippen molar-refractivity contribution < 1.29 is 4.79 Å². The monoisotopic (exact) mass is 472 g/mol. The maximum Gasteiger partial charge on any atom is 0.227 e. The average molecular weight is 473 g/mol. The van der Waals surface area contributed by atoms with Crippen molar-refractivity contribution in [2.45, 2.75) is 19.3 Å². The summed E-state index contributed by atoms with van der Waals surface area (Å²) in [6.45, 7) is 3.58. The first-order chi connectivity index (χ1) is 14.8. The highest BCUT2D eigenvalue weighted by molar-refractivity contribution is 7.21. The van der Waals surface area contributed by atoms with Crippen molar-refractivity contribution >= 4 is 73.1 Å². The molecular formula is C21H18Cl2N6OS. The maximum atomic E-state index is 11.7. The highest BCUT2D eigenvalue weighted by Crippen LogP contribution is 2.36. The molecule has 158 valence electrons. The molecule has 4 N–H and O–H groups in total. The number of carbonyl (C=O) groups is 1. The molecule has 0 saturated heterocycles. The first-order valence-electron chi connectivity index (χ1n) is 9.26. The van der Waals surface area contributed by atoms with Crippen LogP contribution in [0.2, 0.25) is 10.0 Å². The summed E-state index contributed by atoms with van der Waals surface area (Å²) in [5.74, 6) is 0.174. The van der Waals surface area contributed by atoms with Crippen molar-refractivity contribution in [1.29, 1.82) is 0 Å². The van der Waals surface area contributed by atoms with Crippen molar-refractivity contribution in [2.75, 3.05) is 10.6 Å². The van der Waals surface area contributed by atoms with Crippen molar-refractivity contribution in [3.63, 3.8) is 0 Å². The first-order valence-corrected chi connectivity index (χ1v) is 10.8. The van der Waals surface area contributed by atoms with Gasteiger partial charge in [-0.3, -0.25) is 4.79 Å². The van der Waals surface area contributed by atoms with Gasteiger partial charge in [0, 0.05) is 5.69 Å². The molecule has 10 heteroatoms. The number of para-hydroxylation sites is 1. The van der Waals surface area contributed by atoms with E-state index >= 15 is 0 Å². The van der Waals surface area contributed by atoms with Crippen LogP contribution in [0.3, 0.4) is 0 Å². The van der Waals surface area contributed by atoms with E-state index in [0.717, 1.165) is 11.3 Å². The molecule has 2 aromatic heterocycles. The molecule has 0 radical (unpaired) electrons. The van der Waals surface area contributed by atoms with Gasteiger partial charge in [-0.25, -0.2) is 15.0 Å². The van der Waals surface area contributed by atoms with Gasteiger partial charge in [-0.2, -0.15) is 0 Å². The Kier molecular flexibility index (Phi) is 5.70. The Balaban J connectivity index is 1.61. The number of benzene rings is 2. The van der Waals surface area contributed by atoms with E-state index in [-0.39, 0.29) is 5.91 Å². The Morgan fingerprint density at radius 3 is 2.35 bits per heavy atom. The van der Waals surface area contributed by atoms with Gasteiger partial charge in [0.2, 0.25) is 5.91 Å². The van der Waals surface area contributed by atoms with Gasteiger partial charge in [-0.15, -0.1) is 0 Å². The highest BCUT2D eigenvalue weighted by Gasteiger charge is 2.27. The number of hydrogen-bond acceptors (Lipinski definition) is 7. The average Bonchev–Trinajstić information content (AvgIpc) is 3.15. The minimum absolute atomic E-state index is 0.383. The van der Waals surface area contributed by atoms with Gasteiger partial charge in [0.1, 0.15) is 11.8 Å². The third kappa shape index (κ3) is 4.27. The standard InChI is InChI=1S/C21H18Cl2N6OS/c1-21(2,19(24)30)11-6-8-12(9-7-11)27-17-16-18(26-10-25-17)31-20(29-16)28-15-13(22)4-3-5-14(15)23/h3-10H,1-2H3,(H2,24,30)(H,28,29)(H,25,26,27). The third-order valence-corrected chi connectivity index (χ3v) is 6.38. The normalized spacial score (nSPS) is 11.5. The number of carbonyl (C=O) groups excluding carboxylic acids is 1. The van der Waals surface area contributed by atoms with Crippen LogP contribution >= 0.6 is 34.5 Å². The smallest absolute Gasteiger partial charge is 0.227 e. The van der Waals surface area contributed by atoms with E-state index in [4.69, 9.17) is 28.9 Å². The number of anilines is 4. The molecule has 0 unspecified atom stereocenters. The van der Waals surface area contributed by atoms with E-state index in [1.54, 1.807) is 32.0 Å². The molecule has 4 aromatic rings. The SMILES string of the molecule is CC(C)(C(N)=O)c1ccc(Nc2ncnc3sc(Nc4c(Cl)cccc4Cl)nc23)cc1. The molecule has 0 aliphatic carbocycles. The lowest BCUT2D eigenvalue weighted by molar-refractivity contribution is -0.122. The number of amides is 1. The number of halogens is 2. The van der Waals surface area contributed by atoms with E-state index in [0.29, 0.717) is 37.0 Å². The molecule has 0 aliphatic rings. The zero-order valence-electron chi connectivity index (χ0n) is 16.6. The van der Waals surface area contributed by atoms with E-state index < -0.39 is 5.41 Å². The van der Waals surface area contributed by atoms with Crippen LogP contribution in [-0.4, -0.2) is 20.9 Å². The molecule has 0 atom stereocenters. The number of nitrogens with zero attached hydrogens (tertiary/aromatic N) is 3. The third-order valence-electron chi connectivity index (χ3n) is 4.88. The summed E-state index contributed by atoms with van der Waals surface area (Å²) < 4.78 is 0. The fraction of sp³-hybridized carbons (Fsp3) is 0.143. The van der Waals surface area contributed by atoms with Gasteiger partial charge in [0.05, 0.1) is 21.1 Å². The second-order valence-electron chi connectivity index (χ2n) is 7.31. The van der Waals surface area contributed by atoms with Crippen molar-refractivity contribution in [3.8, 4) is 0 Å². The summed E-state index contributed by atoms with van der Waals surface area (Å²) in [6.07, 6.45) is 1.47. The van der Waals surface area contributed by atoms with E-state index in [2.05, 4.69) is 25.6 Å². The van der Waals surface area contributed by atoms with Crippen LogP contribution in [0, 0.1) is 0 Å². The molecule has 0 bridgehead atoms. The molecule has 4 rings (SSSR count). The van der Waals surface area contributed by atoms with Crippen molar-refractivity contribution in [2.24, 2.45) is 5.73 Å². The number of nitrogens with two attached hydrogens (primary N) is 1. The number of rotatable bonds is 6. The van der Waals surface area contributed by atoms with E-state index in [9.17, 15) is 4.79 Å². The van der Waals surface area contributed by atoms with Gasteiger partial charge >= 0.3 is 0 Å². The fourth-order valence-electron chi connectivity index (χ4n) is 2.87. The topological polar surface area (TPSA) is 106 Å². The fourth-order valence-corrected chi connectivity index (χ4v) is 4.18. The summed E-state index contributed by atoms with van der Waals surface area (Å²) in [5, 5.41) is 7.99. The zero-order chi connectivity index (χ0) is 22.2. The van der Waals surface area contributed by atoms with Crippen LogP contribution in [0.1, 0.15) is 19.4 Å². The van der Waals surface area contributed by atoms with Gasteiger partial charge < -0.3 is 16.4 Å². The molecule has 7 nitrogen and oxygen atoms in total. The van der Waals surface area contributed by atoms with Gasteiger partial charge in [0.25, 0.3) is 0 Å². The quantitative estimate of drug-likeness (QED) is 0.335. The Labute approximate surface area is 192 Å². The number of hydrogen-bond donors (Lipinski definition) is 3. The summed E-state index contributed by atoms with van der Waals surface area (Å²) in [6, 6.07) is 12.7. The minimum Gasteiger partial charge on any atom is -0.369 e. The molecule has 31 heavy (non-hydrogen) atoms. The van der Waals surface area contributed by atoms with Crippen LogP contribution in [0.15, 0.2) is 48.8 Å². The van der Waals surface area contributed by atoms with Crippen LogP contribution < -0.4 is 16.4 Å². The Morgan fingerprint density at radius 2 is 1.71 bits per heavy atom. The second-order valence-corrected chi connectivity index (χ2v) is 9.10. The lowest BCUT2D eigenvalue weighted by atomic mass is 9.84. The molecule has 0 aliphatic heterocycles. The Morgan fingerprint density at radius 1 is 1.03 bits per heavy atom. The predicted octanol–water partition coefficient (Wildman–Crippen LogP) is 5.64. The highest BCUT2D eigenvalue weighted by atomic mass is 35.5. The summed E-state index contributed by atoms with van der Waals surface area (Å²) >= 11 is 13.8. The molecular weight excluding hydrogens is 455 g/mol. The Bertz CT molecular complexity index is 1250. The molecule has 2 heterocycles. The summed E-state index contributed by atoms with van der Waals surface area (Å²) in [4.78, 5) is 25.6. The largest absolute Gasteiger partial charge is 0.369 e. The number of aromatic nitrogens is 3. The van der Waals surface area contributed by atoms with Crippen LogP contribution in [0.5, 0.6) is 0 Å². The number of primary amides is 1. The lowest BCUT2D eigenvalue weighted by Crippen LogP contribution is -2.35. The van der Waals surface area contributed by atoms with Crippen molar-refractivity contribution in [1.82, 2.24) is 15.0 Å². The molecule has 0 fully saturated rings. The molecule has 0 spiro atoms. The minimum atomic E-state index is -0.754. The second kappa shape index (κ2) is 8.30. The van der Waals surface area contributed by atoms with E-state index in [1.165, 1.54) is 17.7 Å². The number of nitrogens with one attached hydrogen (secondary N) is 2. The van der Waals surface area contributed by atoms with Crippen LogP contribution in [0.25, 0.3) is 10.3 Å². The Hall–Kier alpha value is -2.94. The summed E-state index contributed by atoms with van der Waals surface area (Å²) in [7, 11) is 0. The number of thiazole rings is 1. The lowest BCUT2D eigenvalue weighted by Gasteiger charge is -2.21. The predicted molar refractivity (Wildman–Crippen MR) is 127 cm³/mol. The van der Waals surface area contributed by atoms with Crippen LogP contribution in [-0.2, 0) is 10.2 Å². The van der Waals surface area contributed by atoms with Gasteiger partial charge in [0.15, 0.2) is 15.8 Å². The van der Waals surface area contributed by atoms with Crippen molar-refractivity contribution in [3.05, 3.63) is 64.4 Å². The van der Waals surface area contributed by atoms with Gasteiger partial charge in [-0.1, -0.05) is 52.7 Å². The zero-order valence-corrected chi connectivity index (χ0v) is 18.9. The van der Waals surface area contributed by atoms with E-state index in [1.807, 2.05) is 24.3 Å². The molecule has 0 saturated carbocycles. The first kappa shape index (κ1) is 21.3. The molecule has 2 aromatic carbocycles. The number of fused-ring (bicyclic) bond motifs is 1. The van der Waals surface area contributed by atoms with Crippen LogP contribution in [0.4, 0.5) is 22.3 Å². The summed E-state index contributed by atoms with van der Waals surface area (Å²) in [5.41, 5.74) is 7.56. The maximum absolute atomic E-state index is 11.7. The van der Waals surface area contributed by atoms with Gasteiger partial charge in [-0.05, 0) is 43.7 Å².